The Kier molecular flexibility index (Phi) is 28.7. The number of hydrogen-bond acceptors (Lipinski definition) is 3. The summed E-state index contributed by atoms with van der Waals surface area (Å²) in [7, 11) is 0. The smallest absolute Gasteiger partial charge is 0.307 e. The molecule has 0 aromatic carbocycles. The van der Waals surface area contributed by atoms with Crippen molar-refractivity contribution in [1.82, 2.24) is 0 Å². The fourth-order valence-electron chi connectivity index (χ4n) is 5.02. The Bertz CT molecular complexity index is 569. The number of carbonyl (C=O) groups is 2. The Morgan fingerprint density at radius 3 is 1.42 bits per heavy atom. The molecule has 0 aromatic heterocycles. The summed E-state index contributed by atoms with van der Waals surface area (Å²) in [5.74, 6) is -1.98. The average molecular weight is 535 g/mol. The van der Waals surface area contributed by atoms with Gasteiger partial charge >= 0.3 is 11.9 Å². The number of ether oxygens (including phenoxy) is 1. The van der Waals surface area contributed by atoms with Gasteiger partial charge in [-0.25, -0.2) is 0 Å². The Balaban J connectivity index is 3.30. The van der Waals surface area contributed by atoms with Gasteiger partial charge in [-0.3, -0.25) is 9.59 Å². The second kappa shape index (κ2) is 30.0. The zero-order chi connectivity index (χ0) is 27.9. The molecular formula is C34H62O4. The van der Waals surface area contributed by atoms with Crippen LogP contribution in [0.2, 0.25) is 0 Å². The van der Waals surface area contributed by atoms with Gasteiger partial charge in [0, 0.05) is 0 Å². The first-order chi connectivity index (χ1) is 18.6. The molecule has 0 amide bonds. The highest BCUT2D eigenvalue weighted by molar-refractivity contribution is 5.78. The first kappa shape index (κ1) is 36.4. The monoisotopic (exact) mass is 534 g/mol. The lowest BCUT2D eigenvalue weighted by Gasteiger charge is -2.11. The van der Waals surface area contributed by atoms with Crippen LogP contribution in [0, 0.1) is 5.92 Å². The number of carboxylic acids is 1. The zero-order valence-electron chi connectivity index (χ0n) is 25.1. The molecule has 0 aliphatic carbocycles. The number of carbonyl (C=O) groups excluding carboxylic acids is 1. The molecule has 38 heavy (non-hydrogen) atoms. The first-order valence-corrected chi connectivity index (χ1v) is 16.3. The van der Waals surface area contributed by atoms with Gasteiger partial charge in [-0.2, -0.15) is 0 Å². The van der Waals surface area contributed by atoms with Gasteiger partial charge in [-0.1, -0.05) is 160 Å². The molecule has 1 unspecified atom stereocenters. The van der Waals surface area contributed by atoms with Crippen molar-refractivity contribution >= 4 is 11.9 Å². The minimum absolute atomic E-state index is 0.0405. The summed E-state index contributed by atoms with van der Waals surface area (Å²) in [5.41, 5.74) is 0. The Labute approximate surface area is 236 Å². The van der Waals surface area contributed by atoms with Crippen molar-refractivity contribution in [2.45, 2.75) is 167 Å². The normalized spacial score (nSPS) is 12.1. The van der Waals surface area contributed by atoms with Gasteiger partial charge in [-0.15, -0.1) is 0 Å². The minimum atomic E-state index is -0.900. The molecule has 0 heterocycles. The van der Waals surface area contributed by atoms with Crippen LogP contribution in [0.4, 0.5) is 0 Å². The molecule has 1 atom stereocenters. The van der Waals surface area contributed by atoms with E-state index in [0.29, 0.717) is 6.42 Å². The van der Waals surface area contributed by atoms with E-state index >= 15 is 0 Å². The number of unbranched alkanes of at least 4 members (excludes halogenated alkanes) is 21. The van der Waals surface area contributed by atoms with Gasteiger partial charge < -0.3 is 9.84 Å². The molecule has 4 nitrogen and oxygen atoms in total. The van der Waals surface area contributed by atoms with E-state index in [0.717, 1.165) is 19.3 Å². The van der Waals surface area contributed by atoms with E-state index in [2.05, 4.69) is 25.7 Å². The quantitative estimate of drug-likeness (QED) is 0.0565. The molecule has 0 radical (unpaired) electrons. The predicted octanol–water partition coefficient (Wildman–Crippen LogP) is 10.7. The fraction of sp³-hybridized carbons (Fsp3) is 0.824. The highest BCUT2D eigenvalue weighted by Gasteiger charge is 2.21. The molecule has 0 aromatic rings. The maximum Gasteiger partial charge on any atom is 0.307 e. The van der Waals surface area contributed by atoms with Crippen molar-refractivity contribution in [3.63, 3.8) is 0 Å². The SMILES string of the molecule is C=CCOC(=O)CC(CCCCCCCCCCCCCCCCCCCCCCC/C=C/CC)C(=O)O. The van der Waals surface area contributed by atoms with Crippen molar-refractivity contribution in [3.05, 3.63) is 24.8 Å². The van der Waals surface area contributed by atoms with E-state index in [1.54, 1.807) is 0 Å². The largest absolute Gasteiger partial charge is 0.481 e. The molecule has 0 bridgehead atoms. The van der Waals surface area contributed by atoms with E-state index in [9.17, 15) is 14.7 Å². The van der Waals surface area contributed by atoms with E-state index in [1.807, 2.05) is 0 Å². The summed E-state index contributed by atoms with van der Waals surface area (Å²) >= 11 is 0. The number of carboxylic acid groups (broad SMARTS) is 1. The molecule has 4 heteroatoms. The van der Waals surface area contributed by atoms with E-state index in [1.165, 1.54) is 134 Å². The maximum atomic E-state index is 11.6. The van der Waals surface area contributed by atoms with E-state index in [4.69, 9.17) is 4.74 Å². The van der Waals surface area contributed by atoms with Crippen LogP contribution in [0.1, 0.15) is 167 Å². The first-order valence-electron chi connectivity index (χ1n) is 16.3. The number of hydrogen-bond donors (Lipinski definition) is 1. The highest BCUT2D eigenvalue weighted by atomic mass is 16.5. The van der Waals surface area contributed by atoms with Crippen molar-refractivity contribution in [1.29, 1.82) is 0 Å². The second-order valence-electron chi connectivity index (χ2n) is 11.1. The van der Waals surface area contributed by atoms with Crippen LogP contribution in [-0.2, 0) is 14.3 Å². The maximum absolute atomic E-state index is 11.6. The summed E-state index contributed by atoms with van der Waals surface area (Å²) in [6.45, 7) is 5.84. The molecular weight excluding hydrogens is 472 g/mol. The van der Waals surface area contributed by atoms with Gasteiger partial charge in [-0.05, 0) is 25.7 Å². The van der Waals surface area contributed by atoms with Crippen molar-refractivity contribution in [3.8, 4) is 0 Å². The Hall–Kier alpha value is -1.58. The number of aliphatic carboxylic acids is 1. The summed E-state index contributed by atoms with van der Waals surface area (Å²) in [5, 5.41) is 9.31. The Morgan fingerprint density at radius 2 is 1.05 bits per heavy atom. The lowest BCUT2D eigenvalue weighted by atomic mass is 9.97. The van der Waals surface area contributed by atoms with Crippen molar-refractivity contribution < 1.29 is 19.4 Å². The standard InChI is InChI=1S/C34H62O4/c1-3-5-6-7-8-9-10-11-12-13-14-15-16-17-18-19-20-21-22-23-24-25-26-27-28-29-32(34(36)37)31-33(35)38-30-4-2/h4-6,32H,2-3,7-31H2,1H3,(H,36,37)/b6-5+. The zero-order valence-corrected chi connectivity index (χ0v) is 25.1. The summed E-state index contributed by atoms with van der Waals surface area (Å²) < 4.78 is 4.91. The lowest BCUT2D eigenvalue weighted by Crippen LogP contribution is -2.19. The van der Waals surface area contributed by atoms with Gasteiger partial charge in [0.15, 0.2) is 0 Å². The third-order valence-electron chi connectivity index (χ3n) is 7.45. The molecule has 0 fully saturated rings. The number of rotatable bonds is 30. The molecule has 0 spiro atoms. The number of allylic oxidation sites excluding steroid dienone is 2. The van der Waals surface area contributed by atoms with Gasteiger partial charge in [0.1, 0.15) is 6.61 Å². The topological polar surface area (TPSA) is 63.6 Å². The molecule has 1 N–H and O–H groups in total. The average Bonchev–Trinajstić information content (AvgIpc) is 2.91. The van der Waals surface area contributed by atoms with Crippen LogP contribution in [0.25, 0.3) is 0 Å². The van der Waals surface area contributed by atoms with Gasteiger partial charge in [0.05, 0.1) is 12.3 Å². The molecule has 222 valence electrons. The highest BCUT2D eigenvalue weighted by Crippen LogP contribution is 2.18. The predicted molar refractivity (Wildman–Crippen MR) is 163 cm³/mol. The Morgan fingerprint density at radius 1 is 0.658 bits per heavy atom. The van der Waals surface area contributed by atoms with Crippen LogP contribution in [0.15, 0.2) is 24.8 Å². The number of esters is 1. The van der Waals surface area contributed by atoms with E-state index in [-0.39, 0.29) is 13.0 Å². The summed E-state index contributed by atoms with van der Waals surface area (Å²) in [6.07, 6.45) is 37.1. The van der Waals surface area contributed by atoms with Crippen molar-refractivity contribution in [2.24, 2.45) is 5.92 Å². The molecule has 0 saturated heterocycles. The summed E-state index contributed by atoms with van der Waals surface area (Å²) in [4.78, 5) is 23.0. The van der Waals surface area contributed by atoms with Crippen LogP contribution in [0.3, 0.4) is 0 Å². The van der Waals surface area contributed by atoms with Gasteiger partial charge in [0.2, 0.25) is 0 Å². The van der Waals surface area contributed by atoms with Crippen molar-refractivity contribution in [2.75, 3.05) is 6.61 Å². The van der Waals surface area contributed by atoms with E-state index < -0.39 is 17.9 Å². The summed E-state index contributed by atoms with van der Waals surface area (Å²) in [6, 6.07) is 0. The van der Waals surface area contributed by atoms with Crippen LogP contribution < -0.4 is 0 Å². The molecule has 0 rings (SSSR count). The lowest BCUT2D eigenvalue weighted by molar-refractivity contribution is -0.151. The van der Waals surface area contributed by atoms with Crippen LogP contribution >= 0.6 is 0 Å². The third kappa shape index (κ3) is 27.5. The van der Waals surface area contributed by atoms with Crippen LogP contribution in [0.5, 0.6) is 0 Å². The van der Waals surface area contributed by atoms with Crippen LogP contribution in [-0.4, -0.2) is 23.7 Å². The second-order valence-corrected chi connectivity index (χ2v) is 11.1. The minimum Gasteiger partial charge on any atom is -0.481 e. The molecule has 0 aliphatic rings. The molecule has 0 saturated carbocycles. The molecule has 0 aliphatic heterocycles. The third-order valence-corrected chi connectivity index (χ3v) is 7.45. The van der Waals surface area contributed by atoms with Gasteiger partial charge in [0.25, 0.3) is 0 Å². The fourth-order valence-corrected chi connectivity index (χ4v) is 5.02.